The zero-order chi connectivity index (χ0) is 17.5. The molecule has 1 aromatic heterocycles. The van der Waals surface area contributed by atoms with Crippen molar-refractivity contribution in [2.24, 2.45) is 5.41 Å². The Morgan fingerprint density at radius 3 is 2.63 bits per heavy atom. The van der Waals surface area contributed by atoms with Crippen LogP contribution in [-0.2, 0) is 11.2 Å². The SMILES string of the molecule is CC1(CNC(=O)CCCc2ncc(-c3ccccc3)o2)CCNCC1.Cl.Cl. The lowest BCUT2D eigenvalue weighted by molar-refractivity contribution is -0.121. The molecule has 27 heavy (non-hydrogen) atoms. The number of oxazole rings is 1. The number of nitrogens with one attached hydrogen (secondary N) is 2. The van der Waals surface area contributed by atoms with E-state index < -0.39 is 0 Å². The van der Waals surface area contributed by atoms with Gasteiger partial charge in [-0.1, -0.05) is 37.3 Å². The molecule has 1 aliphatic rings. The number of piperidine rings is 1. The predicted octanol–water partition coefficient (Wildman–Crippen LogP) is 4.01. The Kier molecular flexibility index (Phi) is 9.84. The van der Waals surface area contributed by atoms with Crippen LogP contribution >= 0.6 is 24.8 Å². The first-order chi connectivity index (χ1) is 12.1. The number of aromatic nitrogens is 1. The highest BCUT2D eigenvalue weighted by atomic mass is 35.5. The number of halogens is 2. The van der Waals surface area contributed by atoms with Crippen molar-refractivity contribution in [3.05, 3.63) is 42.4 Å². The number of hydrogen-bond acceptors (Lipinski definition) is 4. The van der Waals surface area contributed by atoms with Crippen molar-refractivity contribution < 1.29 is 9.21 Å². The molecule has 0 spiro atoms. The van der Waals surface area contributed by atoms with Crippen LogP contribution < -0.4 is 10.6 Å². The van der Waals surface area contributed by atoms with Gasteiger partial charge in [0.1, 0.15) is 0 Å². The van der Waals surface area contributed by atoms with Gasteiger partial charge in [-0.15, -0.1) is 24.8 Å². The lowest BCUT2D eigenvalue weighted by Crippen LogP contribution is -2.42. The quantitative estimate of drug-likeness (QED) is 0.719. The van der Waals surface area contributed by atoms with Crippen molar-refractivity contribution >= 4 is 30.7 Å². The summed E-state index contributed by atoms with van der Waals surface area (Å²) in [6.45, 7) is 5.11. The Balaban J connectivity index is 0.00000182. The predicted molar refractivity (Wildman–Crippen MR) is 113 cm³/mol. The van der Waals surface area contributed by atoms with Gasteiger partial charge < -0.3 is 15.1 Å². The van der Waals surface area contributed by atoms with E-state index in [1.165, 1.54) is 0 Å². The molecule has 0 atom stereocenters. The largest absolute Gasteiger partial charge is 0.441 e. The molecule has 0 bridgehead atoms. The van der Waals surface area contributed by atoms with Crippen molar-refractivity contribution in [2.75, 3.05) is 19.6 Å². The summed E-state index contributed by atoms with van der Waals surface area (Å²) in [6, 6.07) is 9.93. The molecule has 1 amide bonds. The molecule has 1 aliphatic heterocycles. The summed E-state index contributed by atoms with van der Waals surface area (Å²) in [5.41, 5.74) is 1.25. The standard InChI is InChI=1S/C20H27N3O2.2ClH/c1-20(10-12-21-13-11-20)15-23-18(24)8-5-9-19-22-14-17(25-19)16-6-3-2-4-7-16;;/h2-4,6-7,14,21H,5,8-13,15H2,1H3,(H,23,24);2*1H. The van der Waals surface area contributed by atoms with Crippen LogP contribution in [0.15, 0.2) is 40.9 Å². The molecule has 2 heterocycles. The van der Waals surface area contributed by atoms with Gasteiger partial charge in [-0.3, -0.25) is 4.79 Å². The van der Waals surface area contributed by atoms with Crippen LogP contribution in [0.3, 0.4) is 0 Å². The van der Waals surface area contributed by atoms with Crippen LogP contribution in [0.2, 0.25) is 0 Å². The first-order valence-electron chi connectivity index (χ1n) is 9.12. The minimum atomic E-state index is 0. The fourth-order valence-corrected chi connectivity index (χ4v) is 3.17. The summed E-state index contributed by atoms with van der Waals surface area (Å²) in [4.78, 5) is 16.4. The van der Waals surface area contributed by atoms with Crippen LogP contribution in [0.4, 0.5) is 0 Å². The second-order valence-corrected chi connectivity index (χ2v) is 7.18. The number of aryl methyl sites for hydroxylation is 1. The maximum Gasteiger partial charge on any atom is 0.220 e. The van der Waals surface area contributed by atoms with Crippen molar-refractivity contribution in [2.45, 2.75) is 39.0 Å². The van der Waals surface area contributed by atoms with Gasteiger partial charge in [0.15, 0.2) is 11.7 Å². The van der Waals surface area contributed by atoms with E-state index in [-0.39, 0.29) is 36.1 Å². The van der Waals surface area contributed by atoms with Crippen LogP contribution in [0.1, 0.15) is 38.5 Å². The number of carbonyl (C=O) groups excluding carboxylic acids is 1. The Morgan fingerprint density at radius 2 is 1.93 bits per heavy atom. The highest BCUT2D eigenvalue weighted by molar-refractivity contribution is 5.85. The summed E-state index contributed by atoms with van der Waals surface area (Å²) in [7, 11) is 0. The summed E-state index contributed by atoms with van der Waals surface area (Å²) in [5, 5.41) is 6.46. The Labute approximate surface area is 173 Å². The van der Waals surface area contributed by atoms with Crippen LogP contribution in [0.25, 0.3) is 11.3 Å². The van der Waals surface area contributed by atoms with Gasteiger partial charge in [0.25, 0.3) is 0 Å². The van der Waals surface area contributed by atoms with Crippen molar-refractivity contribution in [1.29, 1.82) is 0 Å². The maximum atomic E-state index is 12.1. The number of nitrogens with zero attached hydrogens (tertiary/aromatic N) is 1. The van der Waals surface area contributed by atoms with Crippen molar-refractivity contribution in [1.82, 2.24) is 15.6 Å². The average Bonchev–Trinajstić information content (AvgIpc) is 3.10. The van der Waals surface area contributed by atoms with Gasteiger partial charge in [0.2, 0.25) is 5.91 Å². The summed E-state index contributed by atoms with van der Waals surface area (Å²) in [5.74, 6) is 1.59. The first kappa shape index (κ1) is 23.5. The lowest BCUT2D eigenvalue weighted by Gasteiger charge is -2.34. The smallest absolute Gasteiger partial charge is 0.220 e. The number of carbonyl (C=O) groups is 1. The fourth-order valence-electron chi connectivity index (χ4n) is 3.17. The molecule has 1 saturated heterocycles. The highest BCUT2D eigenvalue weighted by Crippen LogP contribution is 2.26. The van der Waals surface area contributed by atoms with Crippen LogP contribution in [-0.4, -0.2) is 30.5 Å². The molecule has 0 radical (unpaired) electrons. The van der Waals surface area contributed by atoms with Crippen molar-refractivity contribution in [3.63, 3.8) is 0 Å². The monoisotopic (exact) mass is 413 g/mol. The van der Waals surface area contributed by atoms with E-state index in [0.717, 1.165) is 50.2 Å². The van der Waals surface area contributed by atoms with Gasteiger partial charge in [0.05, 0.1) is 6.20 Å². The van der Waals surface area contributed by atoms with E-state index in [1.54, 1.807) is 6.20 Å². The molecule has 2 aromatic rings. The average molecular weight is 414 g/mol. The van der Waals surface area contributed by atoms with Gasteiger partial charge in [-0.05, 0) is 37.8 Å². The lowest BCUT2D eigenvalue weighted by atomic mass is 9.81. The third-order valence-electron chi connectivity index (χ3n) is 4.93. The Hall–Kier alpha value is -1.56. The molecular formula is C20H29Cl2N3O2. The third-order valence-corrected chi connectivity index (χ3v) is 4.93. The number of benzene rings is 1. The first-order valence-corrected chi connectivity index (χ1v) is 9.12. The zero-order valence-electron chi connectivity index (χ0n) is 15.7. The molecule has 7 heteroatoms. The summed E-state index contributed by atoms with van der Waals surface area (Å²) in [6.07, 6.45) is 5.93. The number of rotatable bonds is 7. The molecule has 5 nitrogen and oxygen atoms in total. The molecule has 0 unspecified atom stereocenters. The second-order valence-electron chi connectivity index (χ2n) is 7.18. The van der Waals surface area contributed by atoms with E-state index in [0.29, 0.717) is 18.7 Å². The van der Waals surface area contributed by atoms with E-state index in [9.17, 15) is 4.79 Å². The molecule has 0 saturated carbocycles. The molecule has 150 valence electrons. The van der Waals surface area contributed by atoms with E-state index in [2.05, 4.69) is 22.5 Å². The minimum absolute atomic E-state index is 0. The van der Waals surface area contributed by atoms with Crippen molar-refractivity contribution in [3.8, 4) is 11.3 Å². The number of hydrogen-bond donors (Lipinski definition) is 2. The fraction of sp³-hybridized carbons (Fsp3) is 0.500. The molecule has 1 fully saturated rings. The maximum absolute atomic E-state index is 12.1. The Morgan fingerprint density at radius 1 is 1.22 bits per heavy atom. The molecular weight excluding hydrogens is 385 g/mol. The zero-order valence-corrected chi connectivity index (χ0v) is 17.3. The highest BCUT2D eigenvalue weighted by Gasteiger charge is 2.26. The second kappa shape index (κ2) is 11.3. The topological polar surface area (TPSA) is 67.2 Å². The van der Waals surface area contributed by atoms with Crippen LogP contribution in [0.5, 0.6) is 0 Å². The Bertz CT molecular complexity index is 686. The summed E-state index contributed by atoms with van der Waals surface area (Å²) < 4.78 is 5.77. The van der Waals surface area contributed by atoms with E-state index >= 15 is 0 Å². The molecule has 0 aliphatic carbocycles. The van der Waals surface area contributed by atoms with Gasteiger partial charge in [0, 0.05) is 24.9 Å². The molecule has 3 rings (SSSR count). The van der Waals surface area contributed by atoms with Gasteiger partial charge >= 0.3 is 0 Å². The molecule has 1 aromatic carbocycles. The third kappa shape index (κ3) is 7.17. The normalized spacial score (nSPS) is 15.3. The molecule has 2 N–H and O–H groups in total. The van der Waals surface area contributed by atoms with E-state index in [1.807, 2.05) is 30.3 Å². The van der Waals surface area contributed by atoms with Crippen LogP contribution in [0, 0.1) is 5.41 Å². The minimum Gasteiger partial charge on any atom is -0.441 e. The van der Waals surface area contributed by atoms with Gasteiger partial charge in [-0.2, -0.15) is 0 Å². The summed E-state index contributed by atoms with van der Waals surface area (Å²) >= 11 is 0. The number of amides is 1. The van der Waals surface area contributed by atoms with E-state index in [4.69, 9.17) is 4.42 Å². The van der Waals surface area contributed by atoms with Gasteiger partial charge in [-0.25, -0.2) is 4.98 Å².